The van der Waals surface area contributed by atoms with Crippen LogP contribution in [0.5, 0.6) is 0 Å². The van der Waals surface area contributed by atoms with E-state index < -0.39 is 5.92 Å². The zero-order chi connectivity index (χ0) is 22.7. The van der Waals surface area contributed by atoms with Crippen LogP contribution in [0.3, 0.4) is 0 Å². The number of nitrogens with one attached hydrogen (secondary N) is 1. The molecular formula is C24H20Cl2N2O2S. The fourth-order valence-corrected chi connectivity index (χ4v) is 4.97. The molecule has 2 aromatic carbocycles. The number of hydrogen-bond donors (Lipinski definition) is 1. The van der Waals surface area contributed by atoms with Gasteiger partial charge in [0.05, 0.1) is 33.4 Å². The largest absolute Gasteiger partial charge is 0.353 e. The minimum absolute atomic E-state index is 0.0663. The van der Waals surface area contributed by atoms with Gasteiger partial charge in [-0.1, -0.05) is 64.8 Å². The van der Waals surface area contributed by atoms with Crippen molar-refractivity contribution in [2.75, 3.05) is 5.75 Å². The van der Waals surface area contributed by atoms with Crippen LogP contribution in [0.4, 0.5) is 0 Å². The van der Waals surface area contributed by atoms with Gasteiger partial charge in [0.1, 0.15) is 0 Å². The maximum atomic E-state index is 12.7. The van der Waals surface area contributed by atoms with Crippen molar-refractivity contribution in [3.8, 4) is 6.07 Å². The summed E-state index contributed by atoms with van der Waals surface area (Å²) in [4.78, 5) is 25.2. The van der Waals surface area contributed by atoms with Crippen molar-refractivity contribution in [2.24, 2.45) is 0 Å². The SMILES string of the molecule is CC(=O)C1=C(C)NC(SCC(=O)c2cc(Cl)ccc2Cl)=C(C#N)C1c1cccc(C)c1. The Kier molecular flexibility index (Phi) is 7.27. The Morgan fingerprint density at radius 3 is 2.55 bits per heavy atom. The minimum atomic E-state index is -0.490. The number of ketones is 2. The second kappa shape index (κ2) is 9.74. The lowest BCUT2D eigenvalue weighted by Gasteiger charge is -2.29. The third-order valence-electron chi connectivity index (χ3n) is 4.98. The number of halogens is 2. The Hall–Kier alpha value is -2.52. The lowest BCUT2D eigenvalue weighted by molar-refractivity contribution is -0.113. The van der Waals surface area contributed by atoms with Crippen molar-refractivity contribution in [3.05, 3.63) is 91.1 Å². The van der Waals surface area contributed by atoms with Crippen molar-refractivity contribution in [3.63, 3.8) is 0 Å². The molecule has 0 radical (unpaired) electrons. The molecule has 1 heterocycles. The van der Waals surface area contributed by atoms with Crippen LogP contribution in [0.1, 0.15) is 41.3 Å². The van der Waals surface area contributed by atoms with Gasteiger partial charge in [-0.05, 0) is 44.5 Å². The quantitative estimate of drug-likeness (QED) is 0.508. The molecule has 4 nitrogen and oxygen atoms in total. The van der Waals surface area contributed by atoms with Crippen LogP contribution in [0.25, 0.3) is 0 Å². The fraction of sp³-hybridized carbons (Fsp3) is 0.208. The summed E-state index contributed by atoms with van der Waals surface area (Å²) in [5, 5.41) is 14.5. The average Bonchev–Trinajstić information content (AvgIpc) is 2.72. The van der Waals surface area contributed by atoms with Gasteiger partial charge >= 0.3 is 0 Å². The number of aryl methyl sites for hydroxylation is 1. The molecule has 0 spiro atoms. The van der Waals surface area contributed by atoms with Gasteiger partial charge in [-0.15, -0.1) is 0 Å². The summed E-state index contributed by atoms with van der Waals surface area (Å²) in [5.41, 5.74) is 3.88. The van der Waals surface area contributed by atoms with Crippen LogP contribution in [0.15, 0.2) is 64.3 Å². The van der Waals surface area contributed by atoms with E-state index >= 15 is 0 Å². The van der Waals surface area contributed by atoms with Crippen LogP contribution < -0.4 is 5.32 Å². The van der Waals surface area contributed by atoms with Gasteiger partial charge in [-0.2, -0.15) is 5.26 Å². The Morgan fingerprint density at radius 2 is 1.90 bits per heavy atom. The predicted octanol–water partition coefficient (Wildman–Crippen LogP) is 6.20. The molecule has 0 saturated heterocycles. The molecular weight excluding hydrogens is 451 g/mol. The molecule has 0 saturated carbocycles. The van der Waals surface area contributed by atoms with Crippen molar-refractivity contribution < 1.29 is 9.59 Å². The highest BCUT2D eigenvalue weighted by Gasteiger charge is 2.33. The number of nitrogens with zero attached hydrogens (tertiary/aromatic N) is 1. The molecule has 2 aromatic rings. The van der Waals surface area contributed by atoms with E-state index in [1.54, 1.807) is 12.1 Å². The standard InChI is InChI=1S/C24H20Cl2N2O2S/c1-13-5-4-6-16(9-13)23-19(11-27)24(28-14(2)22(23)15(3)29)31-12-21(30)18-10-17(25)7-8-20(18)26/h4-10,23,28H,12H2,1-3H3. The third-order valence-corrected chi connectivity index (χ3v) is 6.56. The zero-order valence-electron chi connectivity index (χ0n) is 17.3. The number of carbonyl (C=O) groups is 2. The highest BCUT2D eigenvalue weighted by molar-refractivity contribution is 8.03. The van der Waals surface area contributed by atoms with E-state index in [2.05, 4.69) is 11.4 Å². The third kappa shape index (κ3) is 5.04. The molecule has 0 amide bonds. The van der Waals surface area contributed by atoms with Gasteiger partial charge < -0.3 is 5.32 Å². The van der Waals surface area contributed by atoms with E-state index in [1.165, 1.54) is 24.8 Å². The Bertz CT molecular complexity index is 1180. The van der Waals surface area contributed by atoms with Crippen LogP contribution in [-0.2, 0) is 4.79 Å². The number of hydrogen-bond acceptors (Lipinski definition) is 5. The van der Waals surface area contributed by atoms with E-state index in [4.69, 9.17) is 23.2 Å². The van der Waals surface area contributed by atoms with Crippen LogP contribution in [0, 0.1) is 18.3 Å². The van der Waals surface area contributed by atoms with Crippen molar-refractivity contribution >= 4 is 46.5 Å². The van der Waals surface area contributed by atoms with E-state index in [0.717, 1.165) is 11.1 Å². The van der Waals surface area contributed by atoms with Crippen LogP contribution in [-0.4, -0.2) is 17.3 Å². The zero-order valence-corrected chi connectivity index (χ0v) is 19.6. The van der Waals surface area contributed by atoms with Gasteiger partial charge in [-0.3, -0.25) is 9.59 Å². The number of allylic oxidation sites excluding steroid dienone is 3. The number of benzene rings is 2. The summed E-state index contributed by atoms with van der Waals surface area (Å²) >= 11 is 13.4. The Morgan fingerprint density at radius 1 is 1.16 bits per heavy atom. The maximum absolute atomic E-state index is 12.7. The van der Waals surface area contributed by atoms with E-state index in [0.29, 0.717) is 37.5 Å². The molecule has 158 valence electrons. The normalized spacial score (nSPS) is 16.1. The molecule has 1 atom stereocenters. The highest BCUT2D eigenvalue weighted by Crippen LogP contribution is 2.41. The fourth-order valence-electron chi connectivity index (χ4n) is 3.60. The molecule has 0 bridgehead atoms. The predicted molar refractivity (Wildman–Crippen MR) is 126 cm³/mol. The summed E-state index contributed by atoms with van der Waals surface area (Å²) in [6.07, 6.45) is 0. The maximum Gasteiger partial charge on any atom is 0.174 e. The van der Waals surface area contributed by atoms with Gasteiger partial charge in [0, 0.05) is 21.9 Å². The van der Waals surface area contributed by atoms with Gasteiger partial charge in [-0.25, -0.2) is 0 Å². The second-order valence-corrected chi connectivity index (χ2v) is 9.09. The van der Waals surface area contributed by atoms with E-state index in [1.807, 2.05) is 38.1 Å². The number of carbonyl (C=O) groups excluding carboxylic acids is 2. The van der Waals surface area contributed by atoms with Gasteiger partial charge in [0.2, 0.25) is 0 Å². The van der Waals surface area contributed by atoms with Crippen molar-refractivity contribution in [2.45, 2.75) is 26.7 Å². The summed E-state index contributed by atoms with van der Waals surface area (Å²) in [7, 11) is 0. The molecule has 3 rings (SSSR count). The molecule has 1 aliphatic rings. The lowest BCUT2D eigenvalue weighted by Crippen LogP contribution is -2.27. The van der Waals surface area contributed by atoms with Crippen LogP contribution >= 0.6 is 35.0 Å². The molecule has 7 heteroatoms. The average molecular weight is 471 g/mol. The van der Waals surface area contributed by atoms with Gasteiger partial charge in [0.25, 0.3) is 0 Å². The summed E-state index contributed by atoms with van der Waals surface area (Å²) < 4.78 is 0. The molecule has 1 unspecified atom stereocenters. The monoisotopic (exact) mass is 470 g/mol. The number of thioether (sulfide) groups is 1. The molecule has 0 aliphatic carbocycles. The minimum Gasteiger partial charge on any atom is -0.353 e. The van der Waals surface area contributed by atoms with E-state index in [-0.39, 0.29) is 17.3 Å². The van der Waals surface area contributed by atoms with Crippen LogP contribution in [0.2, 0.25) is 10.0 Å². The van der Waals surface area contributed by atoms with Gasteiger partial charge in [0.15, 0.2) is 11.6 Å². The summed E-state index contributed by atoms with van der Waals surface area (Å²) in [6, 6.07) is 14.8. The highest BCUT2D eigenvalue weighted by atomic mass is 35.5. The topological polar surface area (TPSA) is 70.0 Å². The first-order chi connectivity index (χ1) is 14.7. The first kappa shape index (κ1) is 23.1. The lowest BCUT2D eigenvalue weighted by atomic mass is 9.80. The summed E-state index contributed by atoms with van der Waals surface area (Å²) in [5.74, 6) is -0.724. The molecule has 1 N–H and O–H groups in total. The second-order valence-electron chi connectivity index (χ2n) is 7.26. The smallest absolute Gasteiger partial charge is 0.174 e. The van der Waals surface area contributed by atoms with E-state index in [9.17, 15) is 14.9 Å². The van der Waals surface area contributed by atoms with Crippen molar-refractivity contribution in [1.82, 2.24) is 5.32 Å². The number of rotatable bonds is 6. The number of nitriles is 1. The van der Waals surface area contributed by atoms with Crippen molar-refractivity contribution in [1.29, 1.82) is 5.26 Å². The first-order valence-electron chi connectivity index (χ1n) is 9.53. The Balaban J connectivity index is 1.98. The molecule has 0 aromatic heterocycles. The molecule has 31 heavy (non-hydrogen) atoms. The molecule has 1 aliphatic heterocycles. The molecule has 0 fully saturated rings. The summed E-state index contributed by atoms with van der Waals surface area (Å²) in [6.45, 7) is 5.28. The number of dihydropyridines is 1. The first-order valence-corrected chi connectivity index (χ1v) is 11.3. The Labute approximate surface area is 195 Å². The number of Topliss-reactive ketones (excluding diaryl/α,β-unsaturated/α-hetero) is 2.